The van der Waals surface area contributed by atoms with Gasteiger partial charge in [0, 0.05) is 51.0 Å². The number of ether oxygens (including phenoxy) is 1. The first-order valence-corrected chi connectivity index (χ1v) is 15.2. The van der Waals surface area contributed by atoms with Gasteiger partial charge < -0.3 is 24.4 Å². The molecule has 2 aromatic carbocycles. The van der Waals surface area contributed by atoms with Gasteiger partial charge in [-0.3, -0.25) is 14.6 Å². The molecule has 47 heavy (non-hydrogen) atoms. The minimum absolute atomic E-state index is 0.0711. The zero-order valence-electron chi connectivity index (χ0n) is 27.3. The number of hydrogen-bond acceptors (Lipinski definition) is 9. The Kier molecular flexibility index (Phi) is 11.1. The van der Waals surface area contributed by atoms with Crippen LogP contribution in [0.1, 0.15) is 56.7 Å². The van der Waals surface area contributed by atoms with Crippen molar-refractivity contribution in [2.24, 2.45) is 0 Å². The Balaban J connectivity index is 1.51. The van der Waals surface area contributed by atoms with Crippen molar-refractivity contribution >= 4 is 23.6 Å². The second kappa shape index (κ2) is 14.8. The minimum Gasteiger partial charge on any atom is -0.444 e. The van der Waals surface area contributed by atoms with Gasteiger partial charge in [0.2, 0.25) is 11.7 Å². The number of nitrogens with one attached hydrogen (secondary N) is 1. The van der Waals surface area contributed by atoms with Crippen LogP contribution >= 0.6 is 0 Å². The fourth-order valence-electron chi connectivity index (χ4n) is 5.00. The number of nitrogens with zero attached hydrogens (tertiary/aromatic N) is 6. The molecule has 4 rings (SSSR count). The molecule has 1 aromatic heterocycles. The quantitative estimate of drug-likeness (QED) is 0.295. The maximum Gasteiger partial charge on any atom is 0.410 e. The van der Waals surface area contributed by atoms with E-state index in [9.17, 15) is 27.6 Å². The number of amides is 3. The monoisotopic (exact) mass is 659 g/mol. The average Bonchev–Trinajstić information content (AvgIpc) is 3.66. The van der Waals surface area contributed by atoms with Crippen LogP contribution in [0.15, 0.2) is 40.9 Å². The number of rotatable bonds is 12. The molecule has 3 amide bonds. The van der Waals surface area contributed by atoms with Crippen LogP contribution in [0.3, 0.4) is 0 Å². The number of fused-ring (bicyclic) bond motifs is 1. The van der Waals surface area contributed by atoms with Crippen molar-refractivity contribution in [3.05, 3.63) is 64.8 Å². The number of likely N-dealkylation sites (N-methyl/N-ethyl adjacent to an activating group) is 2. The zero-order chi connectivity index (χ0) is 34.5. The van der Waals surface area contributed by atoms with Gasteiger partial charge in [-0.15, -0.1) is 0 Å². The molecule has 1 N–H and O–H groups in total. The van der Waals surface area contributed by atoms with Crippen molar-refractivity contribution in [3.8, 4) is 11.4 Å². The van der Waals surface area contributed by atoms with Crippen LogP contribution in [0.25, 0.3) is 11.4 Å². The summed E-state index contributed by atoms with van der Waals surface area (Å²) < 4.78 is 50.1. The molecule has 254 valence electrons. The summed E-state index contributed by atoms with van der Waals surface area (Å²) in [5, 5.41) is 9.66. The molecule has 2 heterocycles. The van der Waals surface area contributed by atoms with E-state index in [-0.39, 0.29) is 43.7 Å². The lowest BCUT2D eigenvalue weighted by molar-refractivity contribution is -0.145. The Hall–Kier alpha value is -4.66. The van der Waals surface area contributed by atoms with Crippen molar-refractivity contribution in [3.63, 3.8) is 0 Å². The molecule has 15 heteroatoms. The van der Waals surface area contributed by atoms with Crippen molar-refractivity contribution in [1.29, 1.82) is 0 Å². The number of hydrogen-bond donors (Lipinski definition) is 1. The molecule has 0 atom stereocenters. The van der Waals surface area contributed by atoms with Gasteiger partial charge >= 0.3 is 12.5 Å². The number of hydrazine groups is 1. The van der Waals surface area contributed by atoms with Gasteiger partial charge in [0.05, 0.1) is 13.1 Å². The number of alkyl halides is 2. The number of aryl methyl sites for hydroxylation is 1. The summed E-state index contributed by atoms with van der Waals surface area (Å²) in [4.78, 5) is 46.2. The summed E-state index contributed by atoms with van der Waals surface area (Å²) in [7, 11) is 1.60. The van der Waals surface area contributed by atoms with Gasteiger partial charge in [0.15, 0.2) is 0 Å². The van der Waals surface area contributed by atoms with Crippen molar-refractivity contribution in [2.45, 2.75) is 59.7 Å². The molecule has 0 saturated heterocycles. The highest BCUT2D eigenvalue weighted by Gasteiger charge is 2.28. The van der Waals surface area contributed by atoms with Crippen LogP contribution in [-0.2, 0) is 27.4 Å². The predicted octanol–water partition coefficient (Wildman–Crippen LogP) is 4.69. The summed E-state index contributed by atoms with van der Waals surface area (Å²) >= 11 is 0. The van der Waals surface area contributed by atoms with Gasteiger partial charge in [0.1, 0.15) is 11.4 Å². The average molecular weight is 660 g/mol. The van der Waals surface area contributed by atoms with Crippen molar-refractivity contribution < 1.29 is 36.8 Å². The molecule has 0 saturated carbocycles. The minimum atomic E-state index is -2.94. The van der Waals surface area contributed by atoms with Gasteiger partial charge in [-0.2, -0.15) is 13.8 Å². The molecule has 0 fully saturated rings. The molecular weight excluding hydrogens is 619 g/mol. The lowest BCUT2D eigenvalue weighted by atomic mass is 10.1. The highest BCUT2D eigenvalue weighted by Crippen LogP contribution is 2.29. The third-order valence-electron chi connectivity index (χ3n) is 7.49. The van der Waals surface area contributed by atoms with Crippen LogP contribution in [0.2, 0.25) is 0 Å². The fourth-order valence-corrected chi connectivity index (χ4v) is 5.00. The van der Waals surface area contributed by atoms with Crippen molar-refractivity contribution in [1.82, 2.24) is 30.4 Å². The number of carbonyl (C=O) groups is 3. The molecule has 0 spiro atoms. The third-order valence-corrected chi connectivity index (χ3v) is 7.49. The summed E-state index contributed by atoms with van der Waals surface area (Å²) in [6, 6.07) is 9.44. The zero-order valence-corrected chi connectivity index (χ0v) is 27.3. The van der Waals surface area contributed by atoms with E-state index in [2.05, 4.69) is 20.0 Å². The molecule has 0 aliphatic carbocycles. The Bertz CT molecular complexity index is 1590. The van der Waals surface area contributed by atoms with Gasteiger partial charge in [0.25, 0.3) is 11.8 Å². The molecular formula is C32H40F3N7O5. The number of carbonyl (C=O) groups excluding carboxylic acids is 3. The Labute approximate surface area is 271 Å². The predicted molar refractivity (Wildman–Crippen MR) is 167 cm³/mol. The molecule has 3 aromatic rings. The maximum atomic E-state index is 13.8. The highest BCUT2D eigenvalue weighted by atomic mass is 19.3. The van der Waals surface area contributed by atoms with Gasteiger partial charge in [-0.1, -0.05) is 23.4 Å². The smallest absolute Gasteiger partial charge is 0.410 e. The fraction of sp³-hybridized carbons (Fsp3) is 0.469. The lowest BCUT2D eigenvalue weighted by Crippen LogP contribution is -2.48. The van der Waals surface area contributed by atoms with Crippen LogP contribution in [0, 0.1) is 12.7 Å². The molecule has 1 aliphatic heterocycles. The van der Waals surface area contributed by atoms with Crippen LogP contribution in [0.4, 0.5) is 23.7 Å². The number of anilines is 1. The Morgan fingerprint density at radius 3 is 2.47 bits per heavy atom. The van der Waals surface area contributed by atoms with E-state index in [4.69, 9.17) is 4.74 Å². The summed E-state index contributed by atoms with van der Waals surface area (Å²) in [6.07, 6.45) is -3.44. The maximum absolute atomic E-state index is 13.8. The Morgan fingerprint density at radius 2 is 1.81 bits per heavy atom. The number of halogens is 3. The highest BCUT2D eigenvalue weighted by molar-refractivity contribution is 5.87. The first-order chi connectivity index (χ1) is 22.1. The molecule has 12 nitrogen and oxygen atoms in total. The van der Waals surface area contributed by atoms with E-state index in [1.54, 1.807) is 75.8 Å². The van der Waals surface area contributed by atoms with Crippen LogP contribution < -0.4 is 10.2 Å². The van der Waals surface area contributed by atoms with Gasteiger partial charge in [-0.25, -0.2) is 14.2 Å². The first-order valence-electron chi connectivity index (χ1n) is 15.2. The number of aromatic nitrogens is 2. The normalized spacial score (nSPS) is 13.0. The van der Waals surface area contributed by atoms with E-state index in [1.807, 2.05) is 0 Å². The van der Waals surface area contributed by atoms with Crippen molar-refractivity contribution in [2.75, 3.05) is 44.7 Å². The summed E-state index contributed by atoms with van der Waals surface area (Å²) in [6.45, 7) is 9.85. The third kappa shape index (κ3) is 9.21. The SMILES string of the molecule is CCN(CCNC(=O)CN(CC(=O)N(C)N1Cc2ccc(F)cc2C1)c1cc(-c2noc(C(F)F)n2)ccc1C)C(=O)OC(C)(C)C. The van der Waals surface area contributed by atoms with E-state index < -0.39 is 29.9 Å². The summed E-state index contributed by atoms with van der Waals surface area (Å²) in [5.41, 5.74) is 2.53. The summed E-state index contributed by atoms with van der Waals surface area (Å²) in [5.74, 6) is -2.03. The second-order valence-electron chi connectivity index (χ2n) is 12.2. The first kappa shape index (κ1) is 35.2. The largest absolute Gasteiger partial charge is 0.444 e. The Morgan fingerprint density at radius 1 is 1.09 bits per heavy atom. The second-order valence-corrected chi connectivity index (χ2v) is 12.2. The topological polar surface area (TPSA) is 124 Å². The molecule has 0 bridgehead atoms. The molecule has 1 aliphatic rings. The van der Waals surface area contributed by atoms with Crippen LogP contribution in [0.5, 0.6) is 0 Å². The van der Waals surface area contributed by atoms with E-state index in [1.165, 1.54) is 22.0 Å². The van der Waals surface area contributed by atoms with E-state index >= 15 is 0 Å². The molecule has 0 radical (unpaired) electrons. The van der Waals surface area contributed by atoms with E-state index in [0.29, 0.717) is 36.4 Å². The van der Waals surface area contributed by atoms with Crippen LogP contribution in [-0.4, -0.2) is 88.3 Å². The van der Waals surface area contributed by atoms with E-state index in [0.717, 1.165) is 11.1 Å². The van der Waals surface area contributed by atoms with Gasteiger partial charge in [-0.05, 0) is 69.5 Å². The standard InChI is InChI=1S/C32H40F3N7O5/c1-7-40(31(45)46-32(3,4)5)13-12-36-26(43)18-41(19-27(44)39(6)42-16-22-10-11-24(33)14-23(22)17-42)25-15-21(9-8-20(25)2)29-37-30(28(34)35)47-38-29/h8-11,14-15,28H,7,12-13,16-19H2,1-6H3,(H,36,43). The lowest BCUT2D eigenvalue weighted by Gasteiger charge is -2.32. The molecule has 0 unspecified atom stereocenters. The number of benzene rings is 2.